The lowest BCUT2D eigenvalue weighted by Crippen LogP contribution is -1.86. The Kier molecular flexibility index (Phi) is 4.60. The largest absolute Gasteiger partial charge is 0.198 e. The summed E-state index contributed by atoms with van der Waals surface area (Å²) in [4.78, 5) is 0. The number of alkyl halides is 1. The first-order valence-electron chi connectivity index (χ1n) is 4.44. The van der Waals surface area contributed by atoms with Crippen molar-refractivity contribution in [1.29, 1.82) is 10.5 Å². The van der Waals surface area contributed by atoms with Crippen LogP contribution in [0.15, 0.2) is 24.3 Å². The van der Waals surface area contributed by atoms with Gasteiger partial charge in [0.2, 0.25) is 0 Å². The van der Waals surface area contributed by atoms with Gasteiger partial charge in [0.1, 0.15) is 0 Å². The van der Waals surface area contributed by atoms with Gasteiger partial charge in [0.15, 0.2) is 0 Å². The number of nitrogens with zero attached hydrogens (tertiary/aromatic N) is 2. The SMILES string of the molecule is N#CCC=Cc1cc(C#N)ccc1CBr. The maximum absolute atomic E-state index is 8.76. The summed E-state index contributed by atoms with van der Waals surface area (Å²) >= 11 is 3.38. The van der Waals surface area contributed by atoms with Crippen molar-refractivity contribution >= 4 is 22.0 Å². The molecule has 0 saturated heterocycles. The van der Waals surface area contributed by atoms with Crippen LogP contribution in [0.2, 0.25) is 0 Å². The molecule has 0 amide bonds. The lowest BCUT2D eigenvalue weighted by Gasteiger charge is -2.02. The van der Waals surface area contributed by atoms with Crippen molar-refractivity contribution in [2.45, 2.75) is 11.8 Å². The molecule has 0 N–H and O–H groups in total. The molecule has 1 aromatic rings. The van der Waals surface area contributed by atoms with Crippen molar-refractivity contribution in [2.75, 3.05) is 0 Å². The third kappa shape index (κ3) is 3.23. The summed E-state index contributed by atoms with van der Waals surface area (Å²) in [6.45, 7) is 0. The second-order valence-corrected chi connectivity index (χ2v) is 3.48. The van der Waals surface area contributed by atoms with Crippen LogP contribution in [0, 0.1) is 22.7 Å². The first-order valence-corrected chi connectivity index (χ1v) is 5.56. The van der Waals surface area contributed by atoms with Gasteiger partial charge in [0, 0.05) is 5.33 Å². The van der Waals surface area contributed by atoms with E-state index in [1.165, 1.54) is 0 Å². The molecule has 0 atom stereocenters. The number of allylic oxidation sites excluding steroid dienone is 1. The second kappa shape index (κ2) is 6.01. The van der Waals surface area contributed by atoms with Gasteiger partial charge >= 0.3 is 0 Å². The number of hydrogen-bond donors (Lipinski definition) is 0. The predicted molar refractivity (Wildman–Crippen MR) is 63.1 cm³/mol. The average molecular weight is 261 g/mol. The van der Waals surface area contributed by atoms with E-state index in [1.807, 2.05) is 24.3 Å². The van der Waals surface area contributed by atoms with Crippen LogP contribution in [0.3, 0.4) is 0 Å². The van der Waals surface area contributed by atoms with E-state index >= 15 is 0 Å². The molecule has 0 aliphatic carbocycles. The van der Waals surface area contributed by atoms with Crippen LogP contribution in [0.25, 0.3) is 6.08 Å². The van der Waals surface area contributed by atoms with Gasteiger partial charge in [-0.2, -0.15) is 10.5 Å². The van der Waals surface area contributed by atoms with E-state index in [0.717, 1.165) is 16.5 Å². The van der Waals surface area contributed by atoms with Gasteiger partial charge in [-0.15, -0.1) is 0 Å². The van der Waals surface area contributed by atoms with Crippen LogP contribution in [-0.4, -0.2) is 0 Å². The lowest BCUT2D eigenvalue weighted by molar-refractivity contribution is 1.35. The first kappa shape index (κ1) is 11.5. The van der Waals surface area contributed by atoms with E-state index in [9.17, 15) is 0 Å². The zero-order valence-electron chi connectivity index (χ0n) is 8.07. The number of benzene rings is 1. The second-order valence-electron chi connectivity index (χ2n) is 2.92. The Morgan fingerprint density at radius 1 is 1.33 bits per heavy atom. The molecule has 0 aliphatic heterocycles. The summed E-state index contributed by atoms with van der Waals surface area (Å²) in [7, 11) is 0. The lowest BCUT2D eigenvalue weighted by atomic mass is 10.0. The van der Waals surface area contributed by atoms with Gasteiger partial charge in [0.25, 0.3) is 0 Å². The molecule has 0 radical (unpaired) electrons. The van der Waals surface area contributed by atoms with E-state index in [-0.39, 0.29) is 0 Å². The molecular formula is C12H9BrN2. The fourth-order valence-corrected chi connectivity index (χ4v) is 1.69. The summed E-state index contributed by atoms with van der Waals surface area (Å²) in [6.07, 6.45) is 4.06. The molecule has 1 aromatic carbocycles. The van der Waals surface area contributed by atoms with E-state index in [2.05, 4.69) is 22.0 Å². The topological polar surface area (TPSA) is 47.6 Å². The zero-order chi connectivity index (χ0) is 11.1. The maximum atomic E-state index is 8.76. The third-order valence-electron chi connectivity index (χ3n) is 1.93. The Morgan fingerprint density at radius 2 is 2.13 bits per heavy atom. The monoisotopic (exact) mass is 260 g/mol. The summed E-state index contributed by atoms with van der Waals surface area (Å²) < 4.78 is 0. The zero-order valence-corrected chi connectivity index (χ0v) is 9.66. The van der Waals surface area contributed by atoms with Crippen molar-refractivity contribution in [3.8, 4) is 12.1 Å². The Balaban J connectivity index is 3.03. The quantitative estimate of drug-likeness (QED) is 0.783. The third-order valence-corrected chi connectivity index (χ3v) is 2.53. The van der Waals surface area contributed by atoms with Crippen LogP contribution in [0.5, 0.6) is 0 Å². The minimum Gasteiger partial charge on any atom is -0.198 e. The van der Waals surface area contributed by atoms with Gasteiger partial charge in [0.05, 0.1) is 24.1 Å². The maximum Gasteiger partial charge on any atom is 0.0991 e. The summed E-state index contributed by atoms with van der Waals surface area (Å²) in [5.74, 6) is 0. The van der Waals surface area contributed by atoms with Crippen molar-refractivity contribution < 1.29 is 0 Å². The van der Waals surface area contributed by atoms with E-state index in [1.54, 1.807) is 12.1 Å². The van der Waals surface area contributed by atoms with Crippen molar-refractivity contribution in [3.63, 3.8) is 0 Å². The smallest absolute Gasteiger partial charge is 0.0991 e. The molecule has 0 unspecified atom stereocenters. The van der Waals surface area contributed by atoms with Gasteiger partial charge in [-0.25, -0.2) is 0 Å². The van der Waals surface area contributed by atoms with Crippen LogP contribution >= 0.6 is 15.9 Å². The minimum atomic E-state index is 0.387. The fraction of sp³-hybridized carbons (Fsp3) is 0.167. The summed E-state index contributed by atoms with van der Waals surface area (Å²) in [6, 6.07) is 9.67. The molecule has 0 aromatic heterocycles. The van der Waals surface area contributed by atoms with Gasteiger partial charge in [-0.3, -0.25) is 0 Å². The van der Waals surface area contributed by atoms with E-state index in [0.29, 0.717) is 12.0 Å². The van der Waals surface area contributed by atoms with Crippen molar-refractivity contribution in [1.82, 2.24) is 0 Å². The molecule has 0 fully saturated rings. The minimum absolute atomic E-state index is 0.387. The van der Waals surface area contributed by atoms with Crippen LogP contribution < -0.4 is 0 Å². The number of hydrogen-bond acceptors (Lipinski definition) is 2. The molecule has 0 bridgehead atoms. The van der Waals surface area contributed by atoms with Crippen LogP contribution in [-0.2, 0) is 5.33 Å². The van der Waals surface area contributed by atoms with Crippen molar-refractivity contribution in [2.24, 2.45) is 0 Å². The Bertz CT molecular complexity index is 450. The highest BCUT2D eigenvalue weighted by atomic mass is 79.9. The Labute approximate surface area is 97.6 Å². The van der Waals surface area contributed by atoms with Crippen molar-refractivity contribution in [3.05, 3.63) is 41.0 Å². The molecule has 0 heterocycles. The highest BCUT2D eigenvalue weighted by Gasteiger charge is 1.99. The predicted octanol–water partition coefficient (Wildman–Crippen LogP) is 3.38. The molecule has 0 saturated carbocycles. The van der Waals surface area contributed by atoms with Gasteiger partial charge in [-0.05, 0) is 23.3 Å². The average Bonchev–Trinajstić information content (AvgIpc) is 2.29. The van der Waals surface area contributed by atoms with Crippen LogP contribution in [0.1, 0.15) is 23.1 Å². The highest BCUT2D eigenvalue weighted by molar-refractivity contribution is 9.08. The van der Waals surface area contributed by atoms with Gasteiger partial charge in [-0.1, -0.05) is 34.1 Å². The number of nitriles is 2. The molecule has 2 nitrogen and oxygen atoms in total. The van der Waals surface area contributed by atoms with E-state index < -0.39 is 0 Å². The molecule has 0 spiro atoms. The molecule has 74 valence electrons. The highest BCUT2D eigenvalue weighted by Crippen LogP contribution is 2.16. The number of halogens is 1. The summed E-state index contributed by atoms with van der Waals surface area (Å²) in [5.41, 5.74) is 2.74. The Hall–Kier alpha value is -1.58. The normalized spacial score (nSPS) is 9.80. The molecular weight excluding hydrogens is 252 g/mol. The fourth-order valence-electron chi connectivity index (χ4n) is 1.18. The molecule has 1 rings (SSSR count). The van der Waals surface area contributed by atoms with E-state index in [4.69, 9.17) is 10.5 Å². The van der Waals surface area contributed by atoms with Gasteiger partial charge < -0.3 is 0 Å². The molecule has 3 heteroatoms. The standard InChI is InChI=1S/C12H9BrN2/c13-8-12-5-4-10(9-15)7-11(12)3-1-2-6-14/h1,3-5,7H,2,8H2. The molecule has 15 heavy (non-hydrogen) atoms. The first-order chi connectivity index (χ1) is 7.31. The summed E-state index contributed by atoms with van der Waals surface area (Å²) in [5, 5.41) is 17.9. The Morgan fingerprint density at radius 3 is 2.73 bits per heavy atom. The van der Waals surface area contributed by atoms with Crippen LogP contribution in [0.4, 0.5) is 0 Å². The molecule has 0 aliphatic rings. The number of rotatable bonds is 3.